The summed E-state index contributed by atoms with van der Waals surface area (Å²) in [6.45, 7) is 3.22. The molecular formula is C30H29F2N5O4. The van der Waals surface area contributed by atoms with Crippen LogP contribution in [-0.4, -0.2) is 55.4 Å². The molecule has 212 valence electrons. The number of nitrogens with zero attached hydrogens (tertiary/aromatic N) is 5. The summed E-state index contributed by atoms with van der Waals surface area (Å²) in [6, 6.07) is 14.0. The maximum Gasteiger partial charge on any atom is 0.178 e. The number of aliphatic hydroxyl groups is 2. The number of hydrogen-bond donors (Lipinski definition) is 2. The van der Waals surface area contributed by atoms with Gasteiger partial charge in [-0.25, -0.2) is 13.8 Å². The molecule has 0 amide bonds. The van der Waals surface area contributed by atoms with E-state index in [1.807, 2.05) is 6.07 Å². The van der Waals surface area contributed by atoms with Crippen LogP contribution in [0.3, 0.4) is 0 Å². The summed E-state index contributed by atoms with van der Waals surface area (Å²) in [4.78, 5) is 11.7. The van der Waals surface area contributed by atoms with Gasteiger partial charge in [0.1, 0.15) is 23.9 Å². The van der Waals surface area contributed by atoms with Crippen molar-refractivity contribution >= 4 is 11.0 Å². The van der Waals surface area contributed by atoms with E-state index < -0.39 is 17.9 Å². The molecule has 6 rings (SSSR count). The first-order valence-electron chi connectivity index (χ1n) is 13.5. The highest BCUT2D eigenvalue weighted by atomic mass is 19.1. The summed E-state index contributed by atoms with van der Waals surface area (Å²) in [5.74, 6) is -0.350. The third-order valence-corrected chi connectivity index (χ3v) is 7.75. The highest BCUT2D eigenvalue weighted by molar-refractivity contribution is 5.77. The van der Waals surface area contributed by atoms with Crippen LogP contribution in [0.1, 0.15) is 53.4 Å². The Hall–Kier alpha value is -3.95. The Balaban J connectivity index is 1.16. The van der Waals surface area contributed by atoms with Crippen LogP contribution in [0.5, 0.6) is 5.75 Å². The van der Waals surface area contributed by atoms with Gasteiger partial charge >= 0.3 is 0 Å². The van der Waals surface area contributed by atoms with E-state index in [4.69, 9.17) is 19.7 Å². The van der Waals surface area contributed by atoms with Crippen molar-refractivity contribution in [2.24, 2.45) is 0 Å². The van der Waals surface area contributed by atoms with E-state index in [9.17, 15) is 19.0 Å². The SMILES string of the molecule is N#Cc1ccc(OCc2nc([C@@H]3CCN(Cc4nc5ccc(C(O)O)cc5n4C[C@@H]4CCO4)C3)ccc2F)c(F)c1. The molecule has 41 heavy (non-hydrogen) atoms. The lowest BCUT2D eigenvalue weighted by molar-refractivity contribution is -0.0591. The lowest BCUT2D eigenvalue weighted by atomic mass is 10.0. The molecule has 2 aliphatic heterocycles. The zero-order valence-electron chi connectivity index (χ0n) is 22.2. The maximum atomic E-state index is 14.6. The van der Waals surface area contributed by atoms with Crippen LogP contribution in [0.2, 0.25) is 0 Å². The molecule has 4 heterocycles. The van der Waals surface area contributed by atoms with E-state index in [2.05, 4.69) is 14.5 Å². The van der Waals surface area contributed by atoms with Gasteiger partial charge in [-0.2, -0.15) is 5.26 Å². The average Bonchev–Trinajstić information content (AvgIpc) is 3.54. The zero-order valence-corrected chi connectivity index (χ0v) is 22.2. The lowest BCUT2D eigenvalue weighted by Crippen LogP contribution is -2.32. The van der Waals surface area contributed by atoms with E-state index >= 15 is 0 Å². The normalized spacial score (nSPS) is 19.0. The second-order valence-corrected chi connectivity index (χ2v) is 10.5. The molecule has 2 fully saturated rings. The van der Waals surface area contributed by atoms with Crippen LogP contribution >= 0.6 is 0 Å². The number of rotatable bonds is 9. The van der Waals surface area contributed by atoms with Crippen molar-refractivity contribution in [2.45, 2.75) is 50.8 Å². The van der Waals surface area contributed by atoms with E-state index in [0.29, 0.717) is 25.2 Å². The number of hydrogen-bond acceptors (Lipinski definition) is 8. The molecule has 4 aromatic rings. The summed E-state index contributed by atoms with van der Waals surface area (Å²) in [5, 5.41) is 28.3. The van der Waals surface area contributed by atoms with Gasteiger partial charge in [-0.1, -0.05) is 6.07 Å². The number of nitriles is 1. The smallest absolute Gasteiger partial charge is 0.178 e. The number of ether oxygens (including phenoxy) is 2. The minimum atomic E-state index is -1.56. The summed E-state index contributed by atoms with van der Waals surface area (Å²) >= 11 is 0. The number of benzene rings is 2. The minimum Gasteiger partial charge on any atom is -0.484 e. The van der Waals surface area contributed by atoms with Crippen molar-refractivity contribution in [2.75, 3.05) is 19.7 Å². The number of imidazole rings is 1. The highest BCUT2D eigenvalue weighted by Gasteiger charge is 2.28. The Morgan fingerprint density at radius 1 is 1.07 bits per heavy atom. The summed E-state index contributed by atoms with van der Waals surface area (Å²) in [6.07, 6.45) is 0.331. The van der Waals surface area contributed by atoms with Gasteiger partial charge in [0, 0.05) is 30.3 Å². The van der Waals surface area contributed by atoms with E-state index in [-0.39, 0.29) is 35.6 Å². The number of halogens is 2. The Labute approximate surface area is 235 Å². The van der Waals surface area contributed by atoms with Gasteiger partial charge in [0.25, 0.3) is 0 Å². The average molecular weight is 562 g/mol. The third kappa shape index (κ3) is 5.78. The number of fused-ring (bicyclic) bond motifs is 1. The van der Waals surface area contributed by atoms with Gasteiger partial charge in [-0.15, -0.1) is 0 Å². The van der Waals surface area contributed by atoms with Gasteiger partial charge in [0.2, 0.25) is 0 Å². The standard InChI is InChI=1S/C30H29F2N5O4/c31-22-3-5-24(34-26(22)17-41-28-6-1-18(13-33)11-23(28)32)20-7-9-36(14-20)16-29-35-25-4-2-19(30(38)39)12-27(25)37(29)15-21-8-10-40-21/h1-6,11-12,20-21,30,38-39H,7-10,14-17H2/t20-,21+/m1/s1. The molecule has 0 radical (unpaired) electrons. The lowest BCUT2D eigenvalue weighted by Gasteiger charge is -2.28. The molecule has 2 N–H and O–H groups in total. The fraction of sp³-hybridized carbons (Fsp3) is 0.367. The third-order valence-electron chi connectivity index (χ3n) is 7.75. The van der Waals surface area contributed by atoms with Crippen LogP contribution in [-0.2, 0) is 24.4 Å². The highest BCUT2D eigenvalue weighted by Crippen LogP contribution is 2.30. The molecule has 0 unspecified atom stereocenters. The van der Waals surface area contributed by atoms with Crippen LogP contribution in [0.4, 0.5) is 8.78 Å². The molecule has 9 nitrogen and oxygen atoms in total. The van der Waals surface area contributed by atoms with Crippen molar-refractivity contribution in [3.63, 3.8) is 0 Å². The molecule has 2 aliphatic rings. The molecule has 0 spiro atoms. The Kier molecular flexibility index (Phi) is 7.64. The van der Waals surface area contributed by atoms with Crippen molar-refractivity contribution < 1.29 is 28.5 Å². The first-order valence-corrected chi connectivity index (χ1v) is 13.5. The van der Waals surface area contributed by atoms with Crippen LogP contribution in [0, 0.1) is 23.0 Å². The maximum absolute atomic E-state index is 14.6. The van der Waals surface area contributed by atoms with Gasteiger partial charge in [-0.3, -0.25) is 9.88 Å². The number of likely N-dealkylation sites (tertiary alicyclic amines) is 1. The quantitative estimate of drug-likeness (QED) is 0.296. The summed E-state index contributed by atoms with van der Waals surface area (Å²) in [5.41, 5.74) is 3.03. The molecule has 0 aliphatic carbocycles. The fourth-order valence-corrected chi connectivity index (χ4v) is 5.39. The Bertz CT molecular complexity index is 1610. The van der Waals surface area contributed by atoms with Crippen molar-refractivity contribution in [1.82, 2.24) is 19.4 Å². The Morgan fingerprint density at radius 3 is 2.66 bits per heavy atom. The first-order chi connectivity index (χ1) is 19.9. The van der Waals surface area contributed by atoms with Crippen LogP contribution in [0.15, 0.2) is 48.5 Å². The number of aliphatic hydroxyl groups excluding tert-OH is 1. The summed E-state index contributed by atoms with van der Waals surface area (Å²) < 4.78 is 42.0. The minimum absolute atomic E-state index is 0.0709. The molecule has 11 heteroatoms. The van der Waals surface area contributed by atoms with E-state index in [1.165, 1.54) is 18.2 Å². The van der Waals surface area contributed by atoms with Crippen LogP contribution in [0.25, 0.3) is 11.0 Å². The zero-order chi connectivity index (χ0) is 28.5. The second-order valence-electron chi connectivity index (χ2n) is 10.5. The van der Waals surface area contributed by atoms with Crippen LogP contribution < -0.4 is 4.74 Å². The van der Waals surface area contributed by atoms with Crippen molar-refractivity contribution in [3.8, 4) is 11.8 Å². The second kappa shape index (κ2) is 11.5. The Morgan fingerprint density at radius 2 is 1.93 bits per heavy atom. The molecule has 0 bridgehead atoms. The van der Waals surface area contributed by atoms with E-state index in [0.717, 1.165) is 54.6 Å². The topological polar surface area (TPSA) is 117 Å². The summed E-state index contributed by atoms with van der Waals surface area (Å²) in [7, 11) is 0. The first kappa shape index (κ1) is 27.2. The molecule has 2 atom stereocenters. The van der Waals surface area contributed by atoms with Gasteiger partial charge < -0.3 is 24.3 Å². The number of pyridine rings is 1. The molecular weight excluding hydrogens is 532 g/mol. The molecule has 2 saturated heterocycles. The van der Waals surface area contributed by atoms with Crippen molar-refractivity contribution in [1.29, 1.82) is 5.26 Å². The molecule has 2 aromatic heterocycles. The van der Waals surface area contributed by atoms with Gasteiger partial charge in [0.15, 0.2) is 17.9 Å². The predicted molar refractivity (Wildman–Crippen MR) is 144 cm³/mol. The predicted octanol–water partition coefficient (Wildman–Crippen LogP) is 3.92. The molecule has 0 saturated carbocycles. The van der Waals surface area contributed by atoms with Gasteiger partial charge in [0.05, 0.1) is 41.9 Å². The number of aromatic nitrogens is 3. The molecule has 2 aromatic carbocycles. The fourth-order valence-electron chi connectivity index (χ4n) is 5.39. The largest absolute Gasteiger partial charge is 0.484 e. The van der Waals surface area contributed by atoms with Gasteiger partial charge in [-0.05, 0) is 61.9 Å². The monoisotopic (exact) mass is 561 g/mol. The van der Waals surface area contributed by atoms with E-state index in [1.54, 1.807) is 24.3 Å². The van der Waals surface area contributed by atoms with Crippen molar-refractivity contribution in [3.05, 3.63) is 88.5 Å².